The molecular weight excluding hydrogens is 145 g/mol. The number of hydrogen-bond donors (Lipinski definition) is 1. The van der Waals surface area contributed by atoms with Crippen molar-refractivity contribution in [3.63, 3.8) is 0 Å². The standard InChI is InChI=1S/C8H14FNO/c9-7-5-8(11-6-7)1-3-10-4-2-8/h7,10H,1-6H2/t7-/m0/s1. The van der Waals surface area contributed by atoms with E-state index >= 15 is 0 Å². The van der Waals surface area contributed by atoms with Gasteiger partial charge < -0.3 is 10.1 Å². The number of hydrogen-bond acceptors (Lipinski definition) is 2. The van der Waals surface area contributed by atoms with Crippen LogP contribution in [0.2, 0.25) is 0 Å². The molecule has 2 aliphatic heterocycles. The van der Waals surface area contributed by atoms with Gasteiger partial charge in [0.1, 0.15) is 6.17 Å². The summed E-state index contributed by atoms with van der Waals surface area (Å²) in [5.41, 5.74) is -0.0926. The Morgan fingerprint density at radius 2 is 2.09 bits per heavy atom. The van der Waals surface area contributed by atoms with Gasteiger partial charge >= 0.3 is 0 Å². The van der Waals surface area contributed by atoms with Crippen molar-refractivity contribution in [3.8, 4) is 0 Å². The van der Waals surface area contributed by atoms with E-state index in [4.69, 9.17) is 4.74 Å². The van der Waals surface area contributed by atoms with Crippen LogP contribution in [0.4, 0.5) is 4.39 Å². The summed E-state index contributed by atoms with van der Waals surface area (Å²) in [5, 5.41) is 3.25. The SMILES string of the molecule is F[C@@H]1COC2(CCNCC2)C1. The van der Waals surface area contributed by atoms with Gasteiger partial charge in [0.05, 0.1) is 12.2 Å². The highest BCUT2D eigenvalue weighted by Gasteiger charge is 2.41. The van der Waals surface area contributed by atoms with Crippen molar-refractivity contribution >= 4 is 0 Å². The van der Waals surface area contributed by atoms with E-state index in [9.17, 15) is 4.39 Å². The van der Waals surface area contributed by atoms with Gasteiger partial charge in [-0.25, -0.2) is 4.39 Å². The van der Waals surface area contributed by atoms with Crippen LogP contribution in [0.25, 0.3) is 0 Å². The van der Waals surface area contributed by atoms with Gasteiger partial charge in [0, 0.05) is 6.42 Å². The minimum atomic E-state index is -0.715. The molecule has 2 nitrogen and oxygen atoms in total. The van der Waals surface area contributed by atoms with E-state index in [-0.39, 0.29) is 5.60 Å². The molecule has 64 valence electrons. The van der Waals surface area contributed by atoms with Crippen molar-refractivity contribution in [2.45, 2.75) is 31.0 Å². The Bertz CT molecular complexity index is 140. The molecule has 2 rings (SSSR count). The zero-order valence-corrected chi connectivity index (χ0v) is 6.61. The zero-order valence-electron chi connectivity index (χ0n) is 6.61. The van der Waals surface area contributed by atoms with Crippen molar-refractivity contribution < 1.29 is 9.13 Å². The van der Waals surface area contributed by atoms with Gasteiger partial charge in [-0.1, -0.05) is 0 Å². The molecule has 2 fully saturated rings. The summed E-state index contributed by atoms with van der Waals surface area (Å²) in [6.45, 7) is 2.28. The van der Waals surface area contributed by atoms with Crippen LogP contribution in [0, 0.1) is 0 Å². The number of rotatable bonds is 0. The smallest absolute Gasteiger partial charge is 0.126 e. The second kappa shape index (κ2) is 2.72. The first-order valence-electron chi connectivity index (χ1n) is 4.30. The summed E-state index contributed by atoms with van der Waals surface area (Å²) < 4.78 is 18.3. The molecule has 0 radical (unpaired) electrons. The fourth-order valence-corrected chi connectivity index (χ4v) is 2.02. The summed E-state index contributed by atoms with van der Waals surface area (Å²) in [7, 11) is 0. The van der Waals surface area contributed by atoms with Crippen LogP contribution in [-0.2, 0) is 4.74 Å². The van der Waals surface area contributed by atoms with Crippen LogP contribution in [0.1, 0.15) is 19.3 Å². The average molecular weight is 159 g/mol. The summed E-state index contributed by atoms with van der Waals surface area (Å²) in [5.74, 6) is 0. The lowest BCUT2D eigenvalue weighted by Crippen LogP contribution is -2.41. The molecule has 1 atom stereocenters. The highest BCUT2D eigenvalue weighted by atomic mass is 19.1. The Kier molecular flexibility index (Phi) is 1.85. The van der Waals surface area contributed by atoms with Gasteiger partial charge in [0.25, 0.3) is 0 Å². The van der Waals surface area contributed by atoms with Crippen LogP contribution in [0.5, 0.6) is 0 Å². The van der Waals surface area contributed by atoms with Gasteiger partial charge in [0.2, 0.25) is 0 Å². The van der Waals surface area contributed by atoms with Gasteiger partial charge in [-0.2, -0.15) is 0 Å². The second-order valence-electron chi connectivity index (χ2n) is 3.55. The molecule has 2 aliphatic rings. The Hall–Kier alpha value is -0.150. The van der Waals surface area contributed by atoms with E-state index in [1.54, 1.807) is 0 Å². The summed E-state index contributed by atoms with van der Waals surface area (Å²) in [6.07, 6.45) is 1.86. The lowest BCUT2D eigenvalue weighted by atomic mass is 9.89. The molecule has 0 amide bonds. The molecule has 0 bridgehead atoms. The van der Waals surface area contributed by atoms with E-state index in [1.807, 2.05) is 0 Å². The Morgan fingerprint density at radius 1 is 1.36 bits per heavy atom. The van der Waals surface area contributed by atoms with Crippen molar-refractivity contribution in [2.75, 3.05) is 19.7 Å². The van der Waals surface area contributed by atoms with E-state index in [0.717, 1.165) is 25.9 Å². The predicted octanol–water partition coefficient (Wildman–Crippen LogP) is 0.867. The maximum Gasteiger partial charge on any atom is 0.126 e. The third-order valence-corrected chi connectivity index (χ3v) is 2.68. The van der Waals surface area contributed by atoms with Gasteiger partial charge in [0.15, 0.2) is 0 Å². The van der Waals surface area contributed by atoms with Crippen molar-refractivity contribution in [3.05, 3.63) is 0 Å². The fraction of sp³-hybridized carbons (Fsp3) is 1.00. The first-order valence-corrected chi connectivity index (χ1v) is 4.30. The lowest BCUT2D eigenvalue weighted by molar-refractivity contribution is -0.0199. The van der Waals surface area contributed by atoms with Crippen LogP contribution in [0.3, 0.4) is 0 Å². The Morgan fingerprint density at radius 3 is 2.64 bits per heavy atom. The normalized spacial score (nSPS) is 36.3. The molecule has 2 heterocycles. The molecule has 0 aliphatic carbocycles. The number of alkyl halides is 1. The lowest BCUT2D eigenvalue weighted by Gasteiger charge is -2.32. The van der Waals surface area contributed by atoms with E-state index in [2.05, 4.69) is 5.32 Å². The predicted molar refractivity (Wildman–Crippen MR) is 40.3 cm³/mol. The highest BCUT2D eigenvalue weighted by molar-refractivity contribution is 4.92. The summed E-state index contributed by atoms with van der Waals surface area (Å²) >= 11 is 0. The molecule has 2 saturated heterocycles. The van der Waals surface area contributed by atoms with Crippen LogP contribution >= 0.6 is 0 Å². The number of halogens is 1. The molecule has 11 heavy (non-hydrogen) atoms. The van der Waals surface area contributed by atoms with Crippen molar-refractivity contribution in [2.24, 2.45) is 0 Å². The molecule has 1 N–H and O–H groups in total. The van der Waals surface area contributed by atoms with Gasteiger partial charge in [-0.3, -0.25) is 0 Å². The van der Waals surface area contributed by atoms with Crippen LogP contribution in [-0.4, -0.2) is 31.5 Å². The van der Waals surface area contributed by atoms with Crippen LogP contribution in [0.15, 0.2) is 0 Å². The molecule has 0 aromatic carbocycles. The third-order valence-electron chi connectivity index (χ3n) is 2.68. The minimum Gasteiger partial charge on any atom is -0.372 e. The molecule has 1 spiro atoms. The number of piperidine rings is 1. The first-order chi connectivity index (χ1) is 5.31. The minimum absolute atomic E-state index is 0.0926. The summed E-state index contributed by atoms with van der Waals surface area (Å²) in [4.78, 5) is 0. The van der Waals surface area contributed by atoms with E-state index < -0.39 is 6.17 Å². The topological polar surface area (TPSA) is 21.3 Å². The highest BCUT2D eigenvalue weighted by Crippen LogP contribution is 2.34. The van der Waals surface area contributed by atoms with Crippen molar-refractivity contribution in [1.82, 2.24) is 5.32 Å². The average Bonchev–Trinajstić information content (AvgIpc) is 2.34. The van der Waals surface area contributed by atoms with Gasteiger partial charge in [-0.15, -0.1) is 0 Å². The third kappa shape index (κ3) is 1.40. The van der Waals surface area contributed by atoms with Crippen molar-refractivity contribution in [1.29, 1.82) is 0 Å². The zero-order chi connectivity index (χ0) is 7.73. The maximum atomic E-state index is 12.8. The molecule has 0 unspecified atom stereocenters. The monoisotopic (exact) mass is 159 g/mol. The molecule has 0 saturated carbocycles. The Balaban J connectivity index is 1.98. The fourth-order valence-electron chi connectivity index (χ4n) is 2.02. The van der Waals surface area contributed by atoms with E-state index in [1.165, 1.54) is 0 Å². The molecule has 0 aromatic rings. The van der Waals surface area contributed by atoms with Gasteiger partial charge in [-0.05, 0) is 25.9 Å². The summed E-state index contributed by atoms with van der Waals surface area (Å²) in [6, 6.07) is 0. The maximum absolute atomic E-state index is 12.8. The van der Waals surface area contributed by atoms with E-state index in [0.29, 0.717) is 13.0 Å². The molecule has 0 aromatic heterocycles. The number of nitrogens with one attached hydrogen (secondary N) is 1. The number of ether oxygens (including phenoxy) is 1. The quantitative estimate of drug-likeness (QED) is 0.566. The molecule has 3 heteroatoms. The second-order valence-corrected chi connectivity index (χ2v) is 3.55. The largest absolute Gasteiger partial charge is 0.372 e. The first kappa shape index (κ1) is 7.50. The Labute approximate surface area is 66.1 Å². The molecular formula is C8H14FNO. The van der Waals surface area contributed by atoms with Crippen LogP contribution < -0.4 is 5.32 Å².